The molecule has 1 heterocycles. The van der Waals surface area contributed by atoms with Crippen molar-refractivity contribution >= 4 is 50.6 Å². The Balaban J connectivity index is 1.79. The van der Waals surface area contributed by atoms with E-state index in [1.165, 1.54) is 16.2 Å². The van der Waals surface area contributed by atoms with Crippen LogP contribution in [0.3, 0.4) is 0 Å². The summed E-state index contributed by atoms with van der Waals surface area (Å²) >= 11 is 4.71. The highest BCUT2D eigenvalue weighted by molar-refractivity contribution is 9.10. The van der Waals surface area contributed by atoms with Crippen LogP contribution in [0.15, 0.2) is 46.3 Å². The highest BCUT2D eigenvalue weighted by Crippen LogP contribution is 2.21. The lowest BCUT2D eigenvalue weighted by molar-refractivity contribution is -0.133. The van der Waals surface area contributed by atoms with E-state index < -0.39 is 0 Å². The van der Waals surface area contributed by atoms with Gasteiger partial charge in [0.15, 0.2) is 5.78 Å². The molecular formula is C17H17BrN2O3S. The number of Topliss-reactive ketones (excluding diaryl/α,β-unsaturated/α-hetero) is 1. The molecule has 5 nitrogen and oxygen atoms in total. The first kappa shape index (κ1) is 18.4. The van der Waals surface area contributed by atoms with E-state index in [4.69, 9.17) is 0 Å². The van der Waals surface area contributed by atoms with Gasteiger partial charge in [0.2, 0.25) is 11.8 Å². The molecule has 0 unspecified atom stereocenters. The van der Waals surface area contributed by atoms with Gasteiger partial charge in [-0.1, -0.05) is 18.2 Å². The van der Waals surface area contributed by atoms with E-state index in [1.807, 2.05) is 23.6 Å². The SMILES string of the molecule is CN(CC(=O)Nc1ccccc1Br)C(=O)CCC(=O)c1cccs1. The molecule has 0 atom stereocenters. The molecular weight excluding hydrogens is 392 g/mol. The maximum absolute atomic E-state index is 12.1. The van der Waals surface area contributed by atoms with Crippen LogP contribution in [0.5, 0.6) is 0 Å². The van der Waals surface area contributed by atoms with E-state index >= 15 is 0 Å². The molecule has 0 fully saturated rings. The molecule has 1 aromatic carbocycles. The minimum atomic E-state index is -0.290. The van der Waals surface area contributed by atoms with Crippen molar-refractivity contribution in [2.45, 2.75) is 12.8 Å². The van der Waals surface area contributed by atoms with Gasteiger partial charge in [0.05, 0.1) is 17.1 Å². The van der Waals surface area contributed by atoms with Gasteiger partial charge in [0, 0.05) is 24.4 Å². The van der Waals surface area contributed by atoms with Gasteiger partial charge in [-0.15, -0.1) is 11.3 Å². The number of carbonyl (C=O) groups is 3. The molecule has 0 aliphatic carbocycles. The second kappa shape index (κ2) is 8.75. The van der Waals surface area contributed by atoms with Crippen LogP contribution in [-0.4, -0.2) is 36.1 Å². The van der Waals surface area contributed by atoms with E-state index in [-0.39, 0.29) is 37.0 Å². The Morgan fingerprint density at radius 3 is 2.54 bits per heavy atom. The summed E-state index contributed by atoms with van der Waals surface area (Å²) < 4.78 is 0.772. The summed E-state index contributed by atoms with van der Waals surface area (Å²) in [6.07, 6.45) is 0.241. The summed E-state index contributed by atoms with van der Waals surface area (Å²) in [5.74, 6) is -0.575. The average molecular weight is 409 g/mol. The fourth-order valence-electron chi connectivity index (χ4n) is 2.03. The highest BCUT2D eigenvalue weighted by atomic mass is 79.9. The Bertz CT molecular complexity index is 731. The second-order valence-electron chi connectivity index (χ2n) is 5.18. The smallest absolute Gasteiger partial charge is 0.244 e. The number of nitrogens with one attached hydrogen (secondary N) is 1. The molecule has 2 amide bonds. The third-order valence-electron chi connectivity index (χ3n) is 3.32. The van der Waals surface area contributed by atoms with Crippen LogP contribution in [0.4, 0.5) is 5.69 Å². The number of rotatable bonds is 7. The predicted octanol–water partition coefficient (Wildman–Crippen LogP) is 3.57. The number of carbonyl (C=O) groups excluding carboxylic acids is 3. The molecule has 1 N–H and O–H groups in total. The van der Waals surface area contributed by atoms with Crippen LogP contribution in [0.2, 0.25) is 0 Å². The van der Waals surface area contributed by atoms with Crippen LogP contribution >= 0.6 is 27.3 Å². The third kappa shape index (κ3) is 5.28. The zero-order chi connectivity index (χ0) is 17.5. The number of likely N-dealkylation sites (N-methyl/N-ethyl adjacent to an activating group) is 1. The van der Waals surface area contributed by atoms with Gasteiger partial charge in [-0.05, 0) is 39.5 Å². The normalized spacial score (nSPS) is 10.2. The largest absolute Gasteiger partial charge is 0.336 e. The number of benzene rings is 1. The van der Waals surface area contributed by atoms with Gasteiger partial charge < -0.3 is 10.2 Å². The Labute approximate surface area is 152 Å². The van der Waals surface area contributed by atoms with Crippen LogP contribution < -0.4 is 5.32 Å². The quantitative estimate of drug-likeness (QED) is 0.711. The van der Waals surface area contributed by atoms with Crippen LogP contribution in [0, 0.1) is 0 Å². The lowest BCUT2D eigenvalue weighted by atomic mass is 10.2. The number of nitrogens with zero attached hydrogens (tertiary/aromatic N) is 1. The van der Waals surface area contributed by atoms with E-state index in [9.17, 15) is 14.4 Å². The van der Waals surface area contributed by atoms with Gasteiger partial charge in [-0.3, -0.25) is 14.4 Å². The highest BCUT2D eigenvalue weighted by Gasteiger charge is 2.16. The monoisotopic (exact) mass is 408 g/mol. The molecule has 2 aromatic rings. The molecule has 0 aliphatic heterocycles. The number of ketones is 1. The summed E-state index contributed by atoms with van der Waals surface area (Å²) in [7, 11) is 1.55. The Morgan fingerprint density at radius 2 is 1.88 bits per heavy atom. The number of para-hydroxylation sites is 1. The minimum Gasteiger partial charge on any atom is -0.336 e. The summed E-state index contributed by atoms with van der Waals surface area (Å²) in [6, 6.07) is 10.8. The van der Waals surface area contributed by atoms with Crippen molar-refractivity contribution in [3.8, 4) is 0 Å². The molecule has 2 rings (SSSR count). The first-order valence-electron chi connectivity index (χ1n) is 7.32. The van der Waals surface area contributed by atoms with E-state index in [0.717, 1.165) is 4.47 Å². The number of hydrogen-bond donors (Lipinski definition) is 1. The lowest BCUT2D eigenvalue weighted by Crippen LogP contribution is -2.35. The van der Waals surface area contributed by atoms with Crippen LogP contribution in [0.1, 0.15) is 22.5 Å². The van der Waals surface area contributed by atoms with Crippen LogP contribution in [-0.2, 0) is 9.59 Å². The molecule has 24 heavy (non-hydrogen) atoms. The second-order valence-corrected chi connectivity index (χ2v) is 6.98. The Hall–Kier alpha value is -1.99. The number of hydrogen-bond acceptors (Lipinski definition) is 4. The number of thiophene rings is 1. The molecule has 0 radical (unpaired) electrons. The molecule has 0 saturated heterocycles. The fourth-order valence-corrected chi connectivity index (χ4v) is 3.11. The lowest BCUT2D eigenvalue weighted by Gasteiger charge is -2.17. The fraction of sp³-hybridized carbons (Fsp3) is 0.235. The summed E-state index contributed by atoms with van der Waals surface area (Å²) in [5.41, 5.74) is 0.649. The predicted molar refractivity (Wildman–Crippen MR) is 98.3 cm³/mol. The molecule has 0 bridgehead atoms. The van der Waals surface area contributed by atoms with Gasteiger partial charge in [-0.25, -0.2) is 0 Å². The van der Waals surface area contributed by atoms with Crippen molar-refractivity contribution in [3.05, 3.63) is 51.1 Å². The average Bonchev–Trinajstić information content (AvgIpc) is 3.09. The van der Waals surface area contributed by atoms with Gasteiger partial charge in [0.1, 0.15) is 0 Å². The third-order valence-corrected chi connectivity index (χ3v) is 4.92. The zero-order valence-corrected chi connectivity index (χ0v) is 15.5. The van der Waals surface area contributed by atoms with E-state index in [2.05, 4.69) is 21.2 Å². The van der Waals surface area contributed by atoms with Crippen molar-refractivity contribution in [2.24, 2.45) is 0 Å². The Kier molecular flexibility index (Phi) is 6.69. The number of amides is 2. The van der Waals surface area contributed by atoms with Crippen molar-refractivity contribution < 1.29 is 14.4 Å². The summed E-state index contributed by atoms with van der Waals surface area (Å²) in [4.78, 5) is 37.9. The van der Waals surface area contributed by atoms with Crippen molar-refractivity contribution in [1.82, 2.24) is 4.90 Å². The first-order chi connectivity index (χ1) is 11.5. The maximum atomic E-state index is 12.1. The number of halogens is 1. The molecule has 0 saturated carbocycles. The maximum Gasteiger partial charge on any atom is 0.244 e. The molecule has 126 valence electrons. The molecule has 0 spiro atoms. The summed E-state index contributed by atoms with van der Waals surface area (Å²) in [6.45, 7) is -0.0621. The van der Waals surface area contributed by atoms with Crippen molar-refractivity contribution in [2.75, 3.05) is 18.9 Å². The van der Waals surface area contributed by atoms with E-state index in [1.54, 1.807) is 25.2 Å². The molecule has 1 aromatic heterocycles. The zero-order valence-electron chi connectivity index (χ0n) is 13.1. The minimum absolute atomic E-state index is 0.0515. The van der Waals surface area contributed by atoms with Gasteiger partial charge in [-0.2, -0.15) is 0 Å². The van der Waals surface area contributed by atoms with Gasteiger partial charge >= 0.3 is 0 Å². The topological polar surface area (TPSA) is 66.5 Å². The molecule has 0 aliphatic rings. The van der Waals surface area contributed by atoms with Crippen molar-refractivity contribution in [1.29, 1.82) is 0 Å². The summed E-state index contributed by atoms with van der Waals surface area (Å²) in [5, 5.41) is 4.56. The first-order valence-corrected chi connectivity index (χ1v) is 8.99. The molecule has 7 heteroatoms. The van der Waals surface area contributed by atoms with Crippen LogP contribution in [0.25, 0.3) is 0 Å². The standard InChI is InChI=1S/C17H17BrN2O3S/c1-20(11-16(22)19-13-6-3-2-5-12(13)18)17(23)9-8-14(21)15-7-4-10-24-15/h2-7,10H,8-9,11H2,1H3,(H,19,22). The van der Waals surface area contributed by atoms with Crippen molar-refractivity contribution in [3.63, 3.8) is 0 Å². The van der Waals surface area contributed by atoms with E-state index in [0.29, 0.717) is 10.6 Å². The van der Waals surface area contributed by atoms with Gasteiger partial charge in [0.25, 0.3) is 0 Å². The Morgan fingerprint density at radius 1 is 1.12 bits per heavy atom. The number of anilines is 1.